The fourth-order valence-corrected chi connectivity index (χ4v) is 3.39. The summed E-state index contributed by atoms with van der Waals surface area (Å²) in [7, 11) is 4.35. The summed E-state index contributed by atoms with van der Waals surface area (Å²) in [5.74, 6) is 4.66. The fourth-order valence-electron chi connectivity index (χ4n) is 3.39. The van der Waals surface area contributed by atoms with Crippen LogP contribution in [-0.2, 0) is 0 Å². The molecule has 1 rings (SSSR count). The molecule has 0 spiro atoms. The summed E-state index contributed by atoms with van der Waals surface area (Å²) in [6, 6.07) is 0. The van der Waals surface area contributed by atoms with Gasteiger partial charge < -0.3 is 4.90 Å². The van der Waals surface area contributed by atoms with E-state index in [2.05, 4.69) is 46.7 Å². The van der Waals surface area contributed by atoms with E-state index >= 15 is 0 Å². The Labute approximate surface area is 116 Å². The van der Waals surface area contributed by atoms with Crippen LogP contribution in [0, 0.1) is 29.6 Å². The molecule has 0 radical (unpaired) electrons. The molecule has 4 atom stereocenters. The van der Waals surface area contributed by atoms with E-state index in [4.69, 9.17) is 0 Å². The summed E-state index contributed by atoms with van der Waals surface area (Å²) in [6.45, 7) is 11.1. The van der Waals surface area contributed by atoms with Gasteiger partial charge in [0.2, 0.25) is 0 Å². The van der Waals surface area contributed by atoms with Gasteiger partial charge in [-0.05, 0) is 63.1 Å². The van der Waals surface area contributed by atoms with E-state index in [-0.39, 0.29) is 19.8 Å². The van der Waals surface area contributed by atoms with Gasteiger partial charge in [0.25, 0.3) is 0 Å². The predicted octanol–water partition coefficient (Wildman–Crippen LogP) is 4.56. The van der Waals surface area contributed by atoms with Gasteiger partial charge in [-0.3, -0.25) is 0 Å². The van der Waals surface area contributed by atoms with Crippen molar-refractivity contribution < 1.29 is 0 Å². The highest BCUT2D eigenvalue weighted by atomic mass is 35.5. The number of hydrogen-bond acceptors (Lipinski definition) is 1. The van der Waals surface area contributed by atoms with Crippen molar-refractivity contribution in [1.82, 2.24) is 4.90 Å². The number of nitrogens with zero attached hydrogens (tertiary/aromatic N) is 1. The van der Waals surface area contributed by atoms with Gasteiger partial charge in [-0.15, -0.1) is 12.4 Å². The van der Waals surface area contributed by atoms with Crippen molar-refractivity contribution in [2.24, 2.45) is 29.6 Å². The molecule has 0 aromatic heterocycles. The molecule has 0 amide bonds. The van der Waals surface area contributed by atoms with Crippen LogP contribution in [0.1, 0.15) is 48.0 Å². The van der Waals surface area contributed by atoms with E-state index in [1.807, 2.05) is 0 Å². The summed E-state index contributed by atoms with van der Waals surface area (Å²) in [5, 5.41) is 0. The number of halogens is 1. The van der Waals surface area contributed by atoms with E-state index in [1.54, 1.807) is 0 Å². The highest BCUT2D eigenvalue weighted by Gasteiger charge is 2.40. The predicted molar refractivity (Wildman–Crippen MR) is 81.9 cm³/mol. The molecule has 1 fully saturated rings. The van der Waals surface area contributed by atoms with Crippen LogP contribution in [0.3, 0.4) is 0 Å². The lowest BCUT2D eigenvalue weighted by molar-refractivity contribution is 0.275. The largest absolute Gasteiger partial charge is 0.309 e. The molecule has 0 bridgehead atoms. The minimum Gasteiger partial charge on any atom is -0.309 e. The molecule has 0 aliphatic heterocycles. The standard InChI is InChI=1S/C14H29N.CH4.ClH/c1-10-11(2)13(4)14(12(10)3)8-7-9-15(5)6;;/h10-14H,7-9H2,1-6H3;1H4;1H. The number of rotatable bonds is 4. The zero-order valence-electron chi connectivity index (χ0n) is 11.9. The summed E-state index contributed by atoms with van der Waals surface area (Å²) < 4.78 is 0. The van der Waals surface area contributed by atoms with Gasteiger partial charge in [0.05, 0.1) is 0 Å². The molecular formula is C15H34ClN. The van der Waals surface area contributed by atoms with Gasteiger partial charge in [0.15, 0.2) is 0 Å². The molecule has 0 heterocycles. The average Bonchev–Trinajstić information content (AvgIpc) is 2.34. The Hall–Kier alpha value is 0.250. The van der Waals surface area contributed by atoms with Gasteiger partial charge >= 0.3 is 0 Å². The maximum Gasteiger partial charge on any atom is -0.00247 e. The molecule has 0 aromatic carbocycles. The van der Waals surface area contributed by atoms with Crippen molar-refractivity contribution in [3.63, 3.8) is 0 Å². The Kier molecular flexibility index (Phi) is 9.64. The average molecular weight is 264 g/mol. The molecule has 106 valence electrons. The van der Waals surface area contributed by atoms with Crippen molar-refractivity contribution in [3.8, 4) is 0 Å². The first kappa shape index (κ1) is 19.6. The number of hydrogen-bond donors (Lipinski definition) is 0. The van der Waals surface area contributed by atoms with Crippen LogP contribution in [0.25, 0.3) is 0 Å². The van der Waals surface area contributed by atoms with Crippen LogP contribution >= 0.6 is 12.4 Å². The van der Waals surface area contributed by atoms with Gasteiger partial charge in [0.1, 0.15) is 0 Å². The first-order chi connectivity index (χ1) is 6.95. The third-order valence-corrected chi connectivity index (χ3v) is 4.98. The zero-order valence-corrected chi connectivity index (χ0v) is 12.7. The third-order valence-electron chi connectivity index (χ3n) is 4.98. The lowest BCUT2D eigenvalue weighted by Gasteiger charge is -2.22. The quantitative estimate of drug-likeness (QED) is 0.719. The van der Waals surface area contributed by atoms with E-state index in [0.717, 1.165) is 29.6 Å². The summed E-state index contributed by atoms with van der Waals surface area (Å²) in [4.78, 5) is 2.30. The molecule has 2 heteroatoms. The Morgan fingerprint density at radius 1 is 0.824 bits per heavy atom. The highest BCUT2D eigenvalue weighted by molar-refractivity contribution is 5.85. The van der Waals surface area contributed by atoms with Crippen LogP contribution in [0.4, 0.5) is 0 Å². The lowest BCUT2D eigenvalue weighted by Crippen LogP contribution is -2.18. The van der Waals surface area contributed by atoms with Crippen molar-refractivity contribution in [2.75, 3.05) is 20.6 Å². The van der Waals surface area contributed by atoms with Crippen molar-refractivity contribution in [2.45, 2.75) is 48.0 Å². The first-order valence-corrected chi connectivity index (χ1v) is 6.59. The minimum atomic E-state index is 0. The normalized spacial score (nSPS) is 36.5. The monoisotopic (exact) mass is 263 g/mol. The SMILES string of the molecule is C.CC1C(C)C(C)C(CCCN(C)C)C1C.Cl. The van der Waals surface area contributed by atoms with E-state index in [1.165, 1.54) is 19.4 Å². The molecule has 1 saturated carbocycles. The lowest BCUT2D eigenvalue weighted by atomic mass is 9.85. The molecule has 0 saturated heterocycles. The second kappa shape index (κ2) is 8.37. The molecule has 1 aliphatic rings. The fraction of sp³-hybridized carbons (Fsp3) is 1.00. The van der Waals surface area contributed by atoms with Crippen LogP contribution in [0.15, 0.2) is 0 Å². The maximum absolute atomic E-state index is 2.46. The minimum absolute atomic E-state index is 0. The topological polar surface area (TPSA) is 3.24 Å². The van der Waals surface area contributed by atoms with Gasteiger partial charge in [-0.25, -0.2) is 0 Å². The smallest absolute Gasteiger partial charge is 0.00247 e. The van der Waals surface area contributed by atoms with Crippen LogP contribution in [-0.4, -0.2) is 25.5 Å². The van der Waals surface area contributed by atoms with Gasteiger partial charge in [0, 0.05) is 0 Å². The van der Waals surface area contributed by atoms with Crippen molar-refractivity contribution >= 4 is 12.4 Å². The van der Waals surface area contributed by atoms with Crippen LogP contribution < -0.4 is 0 Å². The summed E-state index contributed by atoms with van der Waals surface area (Å²) >= 11 is 0. The Balaban J connectivity index is 0. The first-order valence-electron chi connectivity index (χ1n) is 6.59. The second-order valence-electron chi connectivity index (χ2n) is 6.05. The zero-order chi connectivity index (χ0) is 11.6. The molecule has 0 aromatic rings. The Bertz CT molecular complexity index is 179. The summed E-state index contributed by atoms with van der Waals surface area (Å²) in [6.07, 6.45) is 2.79. The molecular weight excluding hydrogens is 230 g/mol. The molecule has 1 aliphatic carbocycles. The van der Waals surface area contributed by atoms with Crippen LogP contribution in [0.2, 0.25) is 0 Å². The highest BCUT2D eigenvalue weighted by Crippen LogP contribution is 2.47. The summed E-state index contributed by atoms with van der Waals surface area (Å²) in [5.41, 5.74) is 0. The van der Waals surface area contributed by atoms with E-state index < -0.39 is 0 Å². The molecule has 17 heavy (non-hydrogen) atoms. The van der Waals surface area contributed by atoms with E-state index in [0.29, 0.717) is 0 Å². The molecule has 4 unspecified atom stereocenters. The molecule has 1 nitrogen and oxygen atoms in total. The van der Waals surface area contributed by atoms with Crippen molar-refractivity contribution in [1.29, 1.82) is 0 Å². The van der Waals surface area contributed by atoms with Gasteiger partial charge in [-0.2, -0.15) is 0 Å². The van der Waals surface area contributed by atoms with Gasteiger partial charge in [-0.1, -0.05) is 35.1 Å². The van der Waals surface area contributed by atoms with Crippen molar-refractivity contribution in [3.05, 3.63) is 0 Å². The Morgan fingerprint density at radius 2 is 1.24 bits per heavy atom. The van der Waals surface area contributed by atoms with Crippen LogP contribution in [0.5, 0.6) is 0 Å². The maximum atomic E-state index is 2.46. The van der Waals surface area contributed by atoms with E-state index in [9.17, 15) is 0 Å². The third kappa shape index (κ3) is 4.79. The molecule has 0 N–H and O–H groups in total. The Morgan fingerprint density at radius 3 is 1.59 bits per heavy atom. The second-order valence-corrected chi connectivity index (χ2v) is 6.05.